The molecule has 0 aliphatic rings. The van der Waals surface area contributed by atoms with E-state index in [4.69, 9.17) is 9.84 Å². The van der Waals surface area contributed by atoms with Gasteiger partial charge in [0.2, 0.25) is 0 Å². The van der Waals surface area contributed by atoms with Crippen LogP contribution in [0.5, 0.6) is 5.75 Å². The molecule has 4 aromatic rings. The maximum absolute atomic E-state index is 12.9. The van der Waals surface area contributed by atoms with E-state index in [0.717, 1.165) is 38.4 Å². The molecule has 9 nitrogen and oxygen atoms in total. The SMILES string of the molecule is Cc1nnc(N(C)C)c2nn(-c3ccccc3OC(CCN(CCF)C(=O)O)c3ccccc3)c(C)c12. The molecule has 0 aliphatic carbocycles. The van der Waals surface area contributed by atoms with E-state index in [1.807, 2.05) is 92.1 Å². The zero-order valence-corrected chi connectivity index (χ0v) is 21.4. The molecular weight excluding hydrogens is 475 g/mol. The predicted molar refractivity (Wildman–Crippen MR) is 140 cm³/mol. The number of amides is 1. The van der Waals surface area contributed by atoms with Gasteiger partial charge in [-0.2, -0.15) is 10.2 Å². The summed E-state index contributed by atoms with van der Waals surface area (Å²) in [5.41, 5.74) is 4.06. The lowest BCUT2D eigenvalue weighted by Gasteiger charge is -2.24. The van der Waals surface area contributed by atoms with Gasteiger partial charge in [0.1, 0.15) is 29.7 Å². The summed E-state index contributed by atoms with van der Waals surface area (Å²) in [5.74, 6) is 1.26. The number of aromatic nitrogens is 4. The van der Waals surface area contributed by atoms with Gasteiger partial charge in [-0.3, -0.25) is 0 Å². The van der Waals surface area contributed by atoms with Gasteiger partial charge in [-0.1, -0.05) is 42.5 Å². The molecule has 2 aromatic carbocycles. The lowest BCUT2D eigenvalue weighted by molar-refractivity contribution is 0.125. The van der Waals surface area contributed by atoms with Crippen LogP contribution in [0.25, 0.3) is 16.6 Å². The maximum atomic E-state index is 12.9. The van der Waals surface area contributed by atoms with Gasteiger partial charge < -0.3 is 19.6 Å². The lowest BCUT2D eigenvalue weighted by Crippen LogP contribution is -2.33. The number of aryl methyl sites for hydroxylation is 2. The first-order valence-corrected chi connectivity index (χ1v) is 12.1. The van der Waals surface area contributed by atoms with Crippen molar-refractivity contribution in [3.8, 4) is 11.4 Å². The Kier molecular flexibility index (Phi) is 7.86. The Labute approximate surface area is 215 Å². The molecule has 4 rings (SSSR count). The van der Waals surface area contributed by atoms with Crippen LogP contribution in [-0.2, 0) is 0 Å². The van der Waals surface area contributed by atoms with Crippen molar-refractivity contribution in [2.24, 2.45) is 0 Å². The van der Waals surface area contributed by atoms with Crippen molar-refractivity contribution < 1.29 is 19.0 Å². The summed E-state index contributed by atoms with van der Waals surface area (Å²) >= 11 is 0. The number of alkyl halides is 1. The Morgan fingerprint density at radius 2 is 1.76 bits per heavy atom. The van der Waals surface area contributed by atoms with Gasteiger partial charge in [0.15, 0.2) is 5.82 Å². The molecule has 2 aromatic heterocycles. The molecule has 0 saturated carbocycles. The van der Waals surface area contributed by atoms with E-state index in [1.54, 1.807) is 0 Å². The first-order chi connectivity index (χ1) is 17.8. The molecule has 194 valence electrons. The van der Waals surface area contributed by atoms with Crippen LogP contribution in [0.3, 0.4) is 0 Å². The van der Waals surface area contributed by atoms with Gasteiger partial charge in [-0.05, 0) is 31.5 Å². The summed E-state index contributed by atoms with van der Waals surface area (Å²) in [5, 5.41) is 23.9. The fourth-order valence-corrected chi connectivity index (χ4v) is 4.37. The smallest absolute Gasteiger partial charge is 0.407 e. The minimum atomic E-state index is -1.15. The van der Waals surface area contributed by atoms with Crippen molar-refractivity contribution in [3.05, 3.63) is 71.5 Å². The molecule has 1 amide bonds. The van der Waals surface area contributed by atoms with E-state index in [9.17, 15) is 14.3 Å². The van der Waals surface area contributed by atoms with Crippen LogP contribution < -0.4 is 9.64 Å². The molecule has 0 fully saturated rings. The summed E-state index contributed by atoms with van der Waals surface area (Å²) in [6.45, 7) is 3.11. The van der Waals surface area contributed by atoms with Crippen LogP contribution in [0.1, 0.15) is 29.5 Å². The van der Waals surface area contributed by atoms with Gasteiger partial charge in [0.25, 0.3) is 0 Å². The fraction of sp³-hybridized carbons (Fsp3) is 0.333. The monoisotopic (exact) mass is 506 g/mol. The third-order valence-corrected chi connectivity index (χ3v) is 6.23. The average Bonchev–Trinajstić information content (AvgIpc) is 3.23. The Hall–Kier alpha value is -4.21. The Balaban J connectivity index is 1.74. The Morgan fingerprint density at radius 1 is 1.05 bits per heavy atom. The number of hydrogen-bond donors (Lipinski definition) is 1. The second kappa shape index (κ2) is 11.2. The van der Waals surface area contributed by atoms with E-state index in [-0.39, 0.29) is 13.1 Å². The Bertz CT molecular complexity index is 1380. The van der Waals surface area contributed by atoms with Gasteiger partial charge in [-0.15, -0.1) is 5.10 Å². The van der Waals surface area contributed by atoms with Gasteiger partial charge in [0, 0.05) is 27.1 Å². The van der Waals surface area contributed by atoms with Crippen molar-refractivity contribution in [3.63, 3.8) is 0 Å². The molecule has 0 bridgehead atoms. The predicted octanol–water partition coefficient (Wildman–Crippen LogP) is 4.96. The second-order valence-corrected chi connectivity index (χ2v) is 8.96. The molecule has 0 saturated heterocycles. The zero-order valence-electron chi connectivity index (χ0n) is 21.4. The number of rotatable bonds is 10. The number of benzene rings is 2. The quantitative estimate of drug-likeness (QED) is 0.325. The van der Waals surface area contributed by atoms with Crippen LogP contribution in [0.2, 0.25) is 0 Å². The third-order valence-electron chi connectivity index (χ3n) is 6.23. The van der Waals surface area contributed by atoms with Crippen LogP contribution in [0, 0.1) is 13.8 Å². The van der Waals surface area contributed by atoms with Crippen molar-refractivity contribution in [1.82, 2.24) is 24.9 Å². The van der Waals surface area contributed by atoms with Crippen molar-refractivity contribution in [1.29, 1.82) is 0 Å². The highest BCUT2D eigenvalue weighted by molar-refractivity contribution is 5.92. The molecule has 1 N–H and O–H groups in total. The fourth-order valence-electron chi connectivity index (χ4n) is 4.37. The van der Waals surface area contributed by atoms with Crippen molar-refractivity contribution in [2.45, 2.75) is 26.4 Å². The van der Waals surface area contributed by atoms with E-state index in [0.29, 0.717) is 18.0 Å². The number of carboxylic acid groups (broad SMARTS) is 1. The summed E-state index contributed by atoms with van der Waals surface area (Å²) in [6.07, 6.45) is -1.27. The normalized spacial score (nSPS) is 11.9. The first-order valence-electron chi connectivity index (χ1n) is 12.1. The highest BCUT2D eigenvalue weighted by atomic mass is 19.1. The van der Waals surface area contributed by atoms with Gasteiger partial charge in [-0.25, -0.2) is 13.9 Å². The second-order valence-electron chi connectivity index (χ2n) is 8.96. The topological polar surface area (TPSA) is 96.6 Å². The molecule has 0 spiro atoms. The van der Waals surface area contributed by atoms with Crippen LogP contribution in [-0.4, -0.2) is 69.9 Å². The van der Waals surface area contributed by atoms with Crippen molar-refractivity contribution >= 4 is 22.8 Å². The minimum Gasteiger partial charge on any atom is -0.483 e. The van der Waals surface area contributed by atoms with E-state index >= 15 is 0 Å². The number of anilines is 1. The molecule has 37 heavy (non-hydrogen) atoms. The number of ether oxygens (including phenoxy) is 1. The highest BCUT2D eigenvalue weighted by Crippen LogP contribution is 2.34. The number of para-hydroxylation sites is 2. The standard InChI is InChI=1S/C27H31FN6O3/c1-18-24-19(2)34(31-25(24)26(30-29-18)32(3)4)21-12-8-9-13-23(21)37-22(20-10-6-5-7-11-20)14-16-33(17-15-28)27(35)36/h5-13,22H,14-17H2,1-4H3,(H,35,36). The minimum absolute atomic E-state index is 0.133. The van der Waals surface area contributed by atoms with Crippen LogP contribution in [0.4, 0.5) is 15.0 Å². The van der Waals surface area contributed by atoms with Crippen LogP contribution in [0.15, 0.2) is 54.6 Å². The van der Waals surface area contributed by atoms with Gasteiger partial charge in [0.05, 0.1) is 23.3 Å². The van der Waals surface area contributed by atoms with Gasteiger partial charge >= 0.3 is 6.09 Å². The molecule has 1 atom stereocenters. The first kappa shape index (κ1) is 25.9. The summed E-state index contributed by atoms with van der Waals surface area (Å²) < 4.78 is 21.3. The van der Waals surface area contributed by atoms with E-state index in [2.05, 4.69) is 10.2 Å². The van der Waals surface area contributed by atoms with Crippen LogP contribution >= 0.6 is 0 Å². The molecule has 0 radical (unpaired) electrons. The molecular formula is C27H31FN6O3. The van der Waals surface area contributed by atoms with E-state index in [1.165, 1.54) is 0 Å². The van der Waals surface area contributed by atoms with Crippen molar-refractivity contribution in [2.75, 3.05) is 38.8 Å². The highest BCUT2D eigenvalue weighted by Gasteiger charge is 2.22. The molecule has 0 aliphatic heterocycles. The zero-order chi connectivity index (χ0) is 26.5. The summed E-state index contributed by atoms with van der Waals surface area (Å²) in [7, 11) is 3.80. The largest absolute Gasteiger partial charge is 0.483 e. The summed E-state index contributed by atoms with van der Waals surface area (Å²) in [6, 6.07) is 17.2. The summed E-state index contributed by atoms with van der Waals surface area (Å²) in [4.78, 5) is 14.5. The van der Waals surface area contributed by atoms with E-state index < -0.39 is 18.9 Å². The molecule has 10 heteroatoms. The number of halogens is 1. The maximum Gasteiger partial charge on any atom is 0.407 e. The molecule has 2 heterocycles. The number of hydrogen-bond acceptors (Lipinski definition) is 6. The number of nitrogens with zero attached hydrogens (tertiary/aromatic N) is 6. The molecule has 1 unspecified atom stereocenters. The Morgan fingerprint density at radius 3 is 2.43 bits per heavy atom. The number of carbonyl (C=O) groups is 1. The number of fused-ring (bicyclic) bond motifs is 1. The average molecular weight is 507 g/mol. The lowest BCUT2D eigenvalue weighted by atomic mass is 10.1. The third kappa shape index (κ3) is 5.47.